The molecule has 0 aliphatic heterocycles. The number of imidazole rings is 1. The summed E-state index contributed by atoms with van der Waals surface area (Å²) >= 11 is 6.09. The molecule has 0 fully saturated rings. The van der Waals surface area contributed by atoms with E-state index in [1.165, 1.54) is 0 Å². The third-order valence-electron chi connectivity index (χ3n) is 3.60. The summed E-state index contributed by atoms with van der Waals surface area (Å²) in [6.45, 7) is 4.34. The number of fused-ring (bicyclic) bond motifs is 1. The van der Waals surface area contributed by atoms with Gasteiger partial charge in [-0.1, -0.05) is 11.6 Å². The van der Waals surface area contributed by atoms with Crippen molar-refractivity contribution < 1.29 is 0 Å². The Morgan fingerprint density at radius 3 is 2.43 bits per heavy atom. The first kappa shape index (κ1) is 14.0. The molecule has 3 rings (SSSR count). The number of aromatic nitrogens is 2. The summed E-state index contributed by atoms with van der Waals surface area (Å²) in [6, 6.07) is 14.5. The SMILES string of the molecule is CNc1ccc(-c2nc3cc(Cl)ccc3n2C(C)C)cc1. The molecule has 3 aromatic rings. The quantitative estimate of drug-likeness (QED) is 0.739. The highest BCUT2D eigenvalue weighted by atomic mass is 35.5. The number of hydrogen-bond acceptors (Lipinski definition) is 2. The molecular weight excluding hydrogens is 282 g/mol. The molecule has 1 aromatic heterocycles. The molecule has 0 aliphatic carbocycles. The summed E-state index contributed by atoms with van der Waals surface area (Å²) < 4.78 is 2.25. The Kier molecular flexibility index (Phi) is 3.60. The van der Waals surface area contributed by atoms with Gasteiger partial charge in [-0.25, -0.2) is 4.98 Å². The molecule has 0 radical (unpaired) electrons. The van der Waals surface area contributed by atoms with Crippen LogP contribution in [0.15, 0.2) is 42.5 Å². The fourth-order valence-electron chi connectivity index (χ4n) is 2.58. The Hall–Kier alpha value is -2.00. The van der Waals surface area contributed by atoms with Gasteiger partial charge in [-0.05, 0) is 56.3 Å². The fraction of sp³-hybridized carbons (Fsp3) is 0.235. The minimum Gasteiger partial charge on any atom is -0.388 e. The van der Waals surface area contributed by atoms with E-state index in [1.54, 1.807) is 0 Å². The van der Waals surface area contributed by atoms with Crippen LogP contribution in [0.2, 0.25) is 5.02 Å². The second-order valence-corrected chi connectivity index (χ2v) is 5.80. The average molecular weight is 300 g/mol. The van der Waals surface area contributed by atoms with Crippen molar-refractivity contribution in [1.29, 1.82) is 0 Å². The Labute approximate surface area is 129 Å². The molecule has 3 nitrogen and oxygen atoms in total. The molecule has 0 unspecified atom stereocenters. The van der Waals surface area contributed by atoms with Gasteiger partial charge in [-0.15, -0.1) is 0 Å². The first-order chi connectivity index (χ1) is 10.1. The molecule has 4 heteroatoms. The molecule has 0 bridgehead atoms. The van der Waals surface area contributed by atoms with Crippen molar-refractivity contribution in [2.45, 2.75) is 19.9 Å². The summed E-state index contributed by atoms with van der Waals surface area (Å²) in [5.41, 5.74) is 4.25. The minimum atomic E-state index is 0.329. The van der Waals surface area contributed by atoms with Crippen LogP contribution < -0.4 is 5.32 Å². The maximum atomic E-state index is 6.09. The maximum Gasteiger partial charge on any atom is 0.141 e. The second-order valence-electron chi connectivity index (χ2n) is 5.36. The van der Waals surface area contributed by atoms with Gasteiger partial charge < -0.3 is 9.88 Å². The largest absolute Gasteiger partial charge is 0.388 e. The van der Waals surface area contributed by atoms with Crippen LogP contribution in [0.1, 0.15) is 19.9 Å². The van der Waals surface area contributed by atoms with Crippen molar-refractivity contribution in [3.05, 3.63) is 47.5 Å². The molecule has 0 atom stereocenters. The summed E-state index contributed by atoms with van der Waals surface area (Å²) in [5, 5.41) is 3.85. The summed E-state index contributed by atoms with van der Waals surface area (Å²) in [7, 11) is 1.92. The molecule has 0 aliphatic rings. The van der Waals surface area contributed by atoms with Crippen molar-refractivity contribution >= 4 is 28.3 Å². The smallest absolute Gasteiger partial charge is 0.141 e. The second kappa shape index (κ2) is 5.41. The van der Waals surface area contributed by atoms with Gasteiger partial charge in [0.1, 0.15) is 5.82 Å². The average Bonchev–Trinajstić information content (AvgIpc) is 2.85. The standard InChI is InChI=1S/C17H18ClN3/c1-11(2)21-16-9-6-13(18)10-15(16)20-17(21)12-4-7-14(19-3)8-5-12/h4-11,19H,1-3H3. The lowest BCUT2D eigenvalue weighted by Crippen LogP contribution is -2.03. The topological polar surface area (TPSA) is 29.9 Å². The first-order valence-corrected chi connectivity index (χ1v) is 7.43. The van der Waals surface area contributed by atoms with Crippen molar-refractivity contribution in [3.63, 3.8) is 0 Å². The minimum absolute atomic E-state index is 0.329. The Balaban J connectivity index is 2.22. The Bertz CT molecular complexity index is 773. The molecule has 0 saturated heterocycles. The van der Waals surface area contributed by atoms with E-state index in [4.69, 9.17) is 16.6 Å². The van der Waals surface area contributed by atoms with Crippen LogP contribution >= 0.6 is 11.6 Å². The van der Waals surface area contributed by atoms with Crippen molar-refractivity contribution in [1.82, 2.24) is 9.55 Å². The molecule has 0 spiro atoms. The molecule has 21 heavy (non-hydrogen) atoms. The fourth-order valence-corrected chi connectivity index (χ4v) is 2.75. The van der Waals surface area contributed by atoms with E-state index in [1.807, 2.05) is 25.2 Å². The zero-order valence-corrected chi connectivity index (χ0v) is 13.1. The Morgan fingerprint density at radius 1 is 1.10 bits per heavy atom. The lowest BCUT2D eigenvalue weighted by Gasteiger charge is -2.13. The van der Waals surface area contributed by atoms with Gasteiger partial charge in [0.15, 0.2) is 0 Å². The molecule has 0 saturated carbocycles. The predicted molar refractivity (Wildman–Crippen MR) is 90.1 cm³/mol. The third kappa shape index (κ3) is 2.49. The highest BCUT2D eigenvalue weighted by Crippen LogP contribution is 2.30. The maximum absolute atomic E-state index is 6.09. The van der Waals surface area contributed by atoms with E-state index in [2.05, 4.69) is 48.0 Å². The van der Waals surface area contributed by atoms with E-state index in [-0.39, 0.29) is 0 Å². The molecular formula is C17H18ClN3. The molecule has 108 valence electrons. The van der Waals surface area contributed by atoms with Crippen molar-refractivity contribution in [2.24, 2.45) is 0 Å². The van der Waals surface area contributed by atoms with Gasteiger partial charge in [0, 0.05) is 29.4 Å². The normalized spacial score (nSPS) is 11.3. The van der Waals surface area contributed by atoms with Crippen LogP contribution in [0.5, 0.6) is 0 Å². The van der Waals surface area contributed by atoms with Crippen LogP contribution in [-0.4, -0.2) is 16.6 Å². The molecule has 1 N–H and O–H groups in total. The summed E-state index contributed by atoms with van der Waals surface area (Å²) in [6.07, 6.45) is 0. The van der Waals surface area contributed by atoms with E-state index < -0.39 is 0 Å². The zero-order chi connectivity index (χ0) is 15.0. The number of anilines is 1. The van der Waals surface area contributed by atoms with Gasteiger partial charge in [-0.2, -0.15) is 0 Å². The van der Waals surface area contributed by atoms with Gasteiger partial charge in [0.25, 0.3) is 0 Å². The number of benzene rings is 2. The van der Waals surface area contributed by atoms with Crippen LogP contribution in [-0.2, 0) is 0 Å². The highest BCUT2D eigenvalue weighted by Gasteiger charge is 2.15. The summed E-state index contributed by atoms with van der Waals surface area (Å²) in [5.74, 6) is 0.977. The monoisotopic (exact) mass is 299 g/mol. The predicted octanol–water partition coefficient (Wildman–Crippen LogP) is 4.98. The van der Waals surface area contributed by atoms with Crippen LogP contribution in [0, 0.1) is 0 Å². The van der Waals surface area contributed by atoms with Gasteiger partial charge >= 0.3 is 0 Å². The number of nitrogens with one attached hydrogen (secondary N) is 1. The van der Waals surface area contributed by atoms with E-state index in [0.29, 0.717) is 11.1 Å². The number of hydrogen-bond donors (Lipinski definition) is 1. The lowest BCUT2D eigenvalue weighted by atomic mass is 10.2. The van der Waals surface area contributed by atoms with Gasteiger partial charge in [0.05, 0.1) is 11.0 Å². The van der Waals surface area contributed by atoms with E-state index in [0.717, 1.165) is 28.1 Å². The van der Waals surface area contributed by atoms with Crippen molar-refractivity contribution in [2.75, 3.05) is 12.4 Å². The van der Waals surface area contributed by atoms with Crippen LogP contribution in [0.4, 0.5) is 5.69 Å². The first-order valence-electron chi connectivity index (χ1n) is 7.06. The van der Waals surface area contributed by atoms with E-state index >= 15 is 0 Å². The zero-order valence-electron chi connectivity index (χ0n) is 12.4. The van der Waals surface area contributed by atoms with E-state index in [9.17, 15) is 0 Å². The molecule has 2 aromatic carbocycles. The highest BCUT2D eigenvalue weighted by molar-refractivity contribution is 6.31. The molecule has 0 amide bonds. The van der Waals surface area contributed by atoms with Crippen LogP contribution in [0.25, 0.3) is 22.4 Å². The van der Waals surface area contributed by atoms with Gasteiger partial charge in [-0.3, -0.25) is 0 Å². The van der Waals surface area contributed by atoms with Crippen molar-refractivity contribution in [3.8, 4) is 11.4 Å². The lowest BCUT2D eigenvalue weighted by molar-refractivity contribution is 0.624. The number of nitrogens with zero attached hydrogens (tertiary/aromatic N) is 2. The third-order valence-corrected chi connectivity index (χ3v) is 3.83. The summed E-state index contributed by atoms with van der Waals surface area (Å²) in [4.78, 5) is 4.78. The van der Waals surface area contributed by atoms with Crippen LogP contribution in [0.3, 0.4) is 0 Å². The Morgan fingerprint density at radius 2 is 1.81 bits per heavy atom. The number of rotatable bonds is 3. The number of halogens is 1. The molecule has 1 heterocycles. The van der Waals surface area contributed by atoms with Gasteiger partial charge in [0.2, 0.25) is 0 Å².